The van der Waals surface area contributed by atoms with Crippen molar-refractivity contribution in [3.05, 3.63) is 0 Å². The van der Waals surface area contributed by atoms with E-state index in [1.807, 2.05) is 0 Å². The fourth-order valence-corrected chi connectivity index (χ4v) is 11.2. The van der Waals surface area contributed by atoms with E-state index in [2.05, 4.69) is 34.6 Å². The molecular weight excluding hydrogens is 1100 g/mol. The Morgan fingerprint density at radius 2 is 0.554 bits per heavy atom. The molecule has 0 saturated carbocycles. The Kier molecular flexibility index (Phi) is 56.4. The lowest BCUT2D eigenvalue weighted by Crippen LogP contribution is -2.30. The van der Waals surface area contributed by atoms with Gasteiger partial charge in [0, 0.05) is 25.7 Å². The molecule has 0 heterocycles. The van der Waals surface area contributed by atoms with Crippen molar-refractivity contribution in [3.8, 4) is 0 Å². The molecule has 0 amide bonds. The maximum atomic E-state index is 13.0. The standard InChI is InChI=1S/C64H124O17P2/c1-6-9-12-15-17-29-34-38-43-48-62(67)75-54-60(81-64(69)50-45-40-35-31-28-26-24-22-20-19-21-23-25-27-30-32-37-41-46-57(4)5)56-79-83(72,73)77-52-58(65)51-76-82(70,71)78-55-59(53-74-61(66)47-42-36-14-11-8-3)80-63(68)49-44-39-33-18-16-13-10-7-2/h57-60,65H,6-56H2,1-5H3,(H,70,71)(H,72,73)/t58-,59+,60+/m0/s1. The van der Waals surface area contributed by atoms with Crippen LogP contribution in [0.1, 0.15) is 324 Å². The first-order valence-electron chi connectivity index (χ1n) is 33.6. The summed E-state index contributed by atoms with van der Waals surface area (Å²) in [7, 11) is -9.87. The predicted octanol–water partition coefficient (Wildman–Crippen LogP) is 17.8. The van der Waals surface area contributed by atoms with Crippen LogP contribution >= 0.6 is 15.6 Å². The largest absolute Gasteiger partial charge is 0.472 e. The summed E-state index contributed by atoms with van der Waals surface area (Å²) in [6.07, 6.45) is 42.3. The summed E-state index contributed by atoms with van der Waals surface area (Å²) in [6, 6.07) is 0. The number of aliphatic hydroxyl groups is 1. The minimum atomic E-state index is -4.94. The zero-order valence-electron chi connectivity index (χ0n) is 53.3. The molecule has 0 aromatic rings. The van der Waals surface area contributed by atoms with E-state index in [-0.39, 0.29) is 25.7 Å². The number of esters is 4. The fourth-order valence-electron chi connectivity index (χ4n) is 9.58. The van der Waals surface area contributed by atoms with Gasteiger partial charge in [-0.3, -0.25) is 37.3 Å². The van der Waals surface area contributed by atoms with Crippen LogP contribution in [0.5, 0.6) is 0 Å². The summed E-state index contributed by atoms with van der Waals surface area (Å²) in [5.74, 6) is -1.33. The molecule has 0 spiro atoms. The predicted molar refractivity (Wildman–Crippen MR) is 331 cm³/mol. The number of hydrogen-bond acceptors (Lipinski definition) is 15. The van der Waals surface area contributed by atoms with Crippen molar-refractivity contribution in [2.75, 3.05) is 39.6 Å². The van der Waals surface area contributed by atoms with Crippen LogP contribution in [0.3, 0.4) is 0 Å². The number of phosphoric acid groups is 2. The molecule has 0 rings (SSSR count). The smallest absolute Gasteiger partial charge is 0.462 e. The molecule has 2 unspecified atom stereocenters. The average Bonchev–Trinajstić information content (AvgIpc) is 3.49. The molecule has 0 bridgehead atoms. The SMILES string of the molecule is CCCCCCCCCCCC(=O)OC[C@H](COP(=O)(O)OC[C@@H](O)COP(=O)(O)OC[C@@H](COC(=O)CCCCCCC)OC(=O)CCCCCCCCCC)OC(=O)CCCCCCCCCCCCCCCCCCCCC(C)C. The molecule has 0 aliphatic rings. The number of rotatable bonds is 64. The lowest BCUT2D eigenvalue weighted by molar-refractivity contribution is -0.161. The third kappa shape index (κ3) is 58.8. The lowest BCUT2D eigenvalue weighted by atomic mass is 10.0. The minimum absolute atomic E-state index is 0.104. The highest BCUT2D eigenvalue weighted by Crippen LogP contribution is 2.45. The second kappa shape index (κ2) is 57.8. The lowest BCUT2D eigenvalue weighted by Gasteiger charge is -2.21. The van der Waals surface area contributed by atoms with E-state index in [0.717, 1.165) is 109 Å². The summed E-state index contributed by atoms with van der Waals surface area (Å²) in [4.78, 5) is 71.8. The zero-order chi connectivity index (χ0) is 61.3. The van der Waals surface area contributed by atoms with Gasteiger partial charge >= 0.3 is 39.5 Å². The van der Waals surface area contributed by atoms with Crippen LogP contribution in [0, 0.1) is 5.92 Å². The summed E-state index contributed by atoms with van der Waals surface area (Å²) in [6.45, 7) is 7.10. The molecule has 3 N–H and O–H groups in total. The van der Waals surface area contributed by atoms with Crippen LogP contribution in [0.2, 0.25) is 0 Å². The fraction of sp³-hybridized carbons (Fsp3) is 0.938. The number of aliphatic hydroxyl groups excluding tert-OH is 1. The van der Waals surface area contributed by atoms with E-state index in [1.54, 1.807) is 0 Å². The van der Waals surface area contributed by atoms with Gasteiger partial charge in [0.1, 0.15) is 19.3 Å². The molecule has 492 valence electrons. The second-order valence-electron chi connectivity index (χ2n) is 23.6. The summed E-state index contributed by atoms with van der Waals surface area (Å²) in [5, 5.41) is 10.5. The molecule has 0 radical (unpaired) electrons. The molecule has 17 nitrogen and oxygen atoms in total. The van der Waals surface area contributed by atoms with Gasteiger partial charge < -0.3 is 33.8 Å². The topological polar surface area (TPSA) is 237 Å². The Morgan fingerprint density at radius 1 is 0.325 bits per heavy atom. The highest BCUT2D eigenvalue weighted by atomic mass is 31.2. The van der Waals surface area contributed by atoms with Crippen molar-refractivity contribution in [3.63, 3.8) is 0 Å². The van der Waals surface area contributed by atoms with Crippen molar-refractivity contribution < 1.29 is 80.2 Å². The highest BCUT2D eigenvalue weighted by molar-refractivity contribution is 7.47. The summed E-state index contributed by atoms with van der Waals surface area (Å²) < 4.78 is 67.6. The highest BCUT2D eigenvalue weighted by Gasteiger charge is 2.30. The Morgan fingerprint density at radius 3 is 0.819 bits per heavy atom. The van der Waals surface area contributed by atoms with Crippen molar-refractivity contribution >= 4 is 39.5 Å². The monoisotopic (exact) mass is 1230 g/mol. The molecule has 0 aliphatic heterocycles. The normalized spacial score (nSPS) is 14.2. The van der Waals surface area contributed by atoms with Gasteiger partial charge in [0.2, 0.25) is 0 Å². The van der Waals surface area contributed by atoms with Crippen molar-refractivity contribution in [2.45, 2.75) is 342 Å². The number of carbonyl (C=O) groups excluding carboxylic acids is 4. The molecule has 5 atom stereocenters. The van der Waals surface area contributed by atoms with Crippen LogP contribution in [-0.4, -0.2) is 96.7 Å². The van der Waals surface area contributed by atoms with E-state index in [9.17, 15) is 43.2 Å². The Labute approximate surface area is 505 Å². The third-order valence-corrected chi connectivity index (χ3v) is 16.7. The van der Waals surface area contributed by atoms with Gasteiger partial charge in [0.15, 0.2) is 12.2 Å². The van der Waals surface area contributed by atoms with Gasteiger partial charge in [0.05, 0.1) is 26.4 Å². The van der Waals surface area contributed by atoms with Gasteiger partial charge in [-0.1, -0.05) is 272 Å². The Hall–Kier alpha value is -1.94. The summed E-state index contributed by atoms with van der Waals surface area (Å²) in [5.41, 5.74) is 0. The zero-order valence-corrected chi connectivity index (χ0v) is 55.1. The number of ether oxygens (including phenoxy) is 4. The molecule has 0 aromatic carbocycles. The first-order chi connectivity index (χ1) is 40.0. The Bertz CT molecular complexity index is 1620. The number of carbonyl (C=O) groups is 4. The Balaban J connectivity index is 5.04. The number of phosphoric ester groups is 2. The van der Waals surface area contributed by atoms with Crippen molar-refractivity contribution in [2.24, 2.45) is 5.92 Å². The second-order valence-corrected chi connectivity index (χ2v) is 26.5. The van der Waals surface area contributed by atoms with Crippen LogP contribution in [0.4, 0.5) is 0 Å². The first-order valence-corrected chi connectivity index (χ1v) is 36.6. The maximum Gasteiger partial charge on any atom is 0.472 e. The van der Waals surface area contributed by atoms with E-state index in [0.29, 0.717) is 25.7 Å². The van der Waals surface area contributed by atoms with Gasteiger partial charge in [0.25, 0.3) is 0 Å². The number of hydrogen-bond donors (Lipinski definition) is 3. The van der Waals surface area contributed by atoms with Gasteiger partial charge in [-0.2, -0.15) is 0 Å². The van der Waals surface area contributed by atoms with Crippen molar-refractivity contribution in [1.29, 1.82) is 0 Å². The molecule has 83 heavy (non-hydrogen) atoms. The van der Waals surface area contributed by atoms with Gasteiger partial charge in [-0.15, -0.1) is 0 Å². The minimum Gasteiger partial charge on any atom is -0.462 e. The van der Waals surface area contributed by atoms with Gasteiger partial charge in [-0.25, -0.2) is 9.13 Å². The average molecular weight is 1230 g/mol. The molecule has 0 aliphatic carbocycles. The van der Waals surface area contributed by atoms with E-state index in [1.165, 1.54) is 135 Å². The van der Waals surface area contributed by atoms with Crippen LogP contribution < -0.4 is 0 Å². The maximum absolute atomic E-state index is 13.0. The van der Waals surface area contributed by atoms with E-state index < -0.39 is 97.5 Å². The molecular formula is C64H124O17P2. The molecule has 0 aromatic heterocycles. The van der Waals surface area contributed by atoms with Crippen LogP contribution in [-0.2, 0) is 65.4 Å². The molecule has 0 fully saturated rings. The summed E-state index contributed by atoms with van der Waals surface area (Å²) >= 11 is 0. The number of unbranched alkanes of at least 4 members (excludes halogenated alkanes) is 36. The van der Waals surface area contributed by atoms with E-state index in [4.69, 9.17) is 37.0 Å². The van der Waals surface area contributed by atoms with Gasteiger partial charge in [-0.05, 0) is 31.6 Å². The van der Waals surface area contributed by atoms with Crippen molar-refractivity contribution in [1.82, 2.24) is 0 Å². The molecule has 0 saturated heterocycles. The quantitative estimate of drug-likeness (QED) is 0.0222. The third-order valence-electron chi connectivity index (χ3n) is 14.8. The van der Waals surface area contributed by atoms with E-state index >= 15 is 0 Å². The van der Waals surface area contributed by atoms with Crippen LogP contribution in [0.25, 0.3) is 0 Å². The van der Waals surface area contributed by atoms with Crippen LogP contribution in [0.15, 0.2) is 0 Å². The first kappa shape index (κ1) is 81.1. The molecule has 19 heteroatoms.